The Morgan fingerprint density at radius 3 is 2.49 bits per heavy atom. The van der Waals surface area contributed by atoms with Gasteiger partial charge in [-0.05, 0) is 93.1 Å². The smallest absolute Gasteiger partial charge is 0.210 e. The maximum absolute atomic E-state index is 14.5. The summed E-state index contributed by atoms with van der Waals surface area (Å²) in [7, 11) is -2.75. The Kier molecular flexibility index (Phi) is 7.75. The zero-order valence-electron chi connectivity index (χ0n) is 26.6. The summed E-state index contributed by atoms with van der Waals surface area (Å²) < 4.78 is 27.7. The van der Waals surface area contributed by atoms with E-state index in [0.29, 0.717) is 6.54 Å². The largest absolute Gasteiger partial charge is 0.455 e. The van der Waals surface area contributed by atoms with E-state index in [-0.39, 0.29) is 0 Å². The fourth-order valence-corrected chi connectivity index (χ4v) is 10.2. The fraction of sp³-hybridized carbons (Fsp3) is 0.474. The molecule has 5 aliphatic rings. The molecule has 0 bridgehead atoms. The molecular weight excluding hydrogens is 577 g/mol. The zero-order chi connectivity index (χ0) is 30.5. The Morgan fingerprint density at radius 2 is 1.62 bits per heavy atom. The van der Waals surface area contributed by atoms with Gasteiger partial charge < -0.3 is 15.4 Å². The molecule has 1 unspecified atom stereocenters. The van der Waals surface area contributed by atoms with Crippen LogP contribution in [0.25, 0.3) is 5.57 Å². The van der Waals surface area contributed by atoms with Crippen molar-refractivity contribution in [2.45, 2.75) is 81.9 Å². The molecule has 8 rings (SSSR count). The predicted molar refractivity (Wildman–Crippen MR) is 186 cm³/mol. The van der Waals surface area contributed by atoms with Crippen LogP contribution in [-0.4, -0.2) is 49.3 Å². The molecule has 236 valence electrons. The number of benzene rings is 3. The highest BCUT2D eigenvalue weighted by Crippen LogP contribution is 2.49. The molecule has 3 N–H and O–H groups in total. The normalized spacial score (nSPS) is 19.2. The highest BCUT2D eigenvalue weighted by atomic mass is 32.2. The number of hydrogen-bond donors (Lipinski definition) is 2. The van der Waals surface area contributed by atoms with Gasteiger partial charge in [-0.25, -0.2) is 13.5 Å². The van der Waals surface area contributed by atoms with Crippen LogP contribution in [0.1, 0.15) is 84.7 Å². The number of nitrogens with one attached hydrogen (secondary N) is 1. The molecule has 7 heteroatoms. The molecular formula is C38H47N4O2S+. The summed E-state index contributed by atoms with van der Waals surface area (Å²) in [6, 6.07) is 13.2. The average molecular weight is 624 g/mol. The Bertz CT molecular complexity index is 1910. The Balaban J connectivity index is 1.36. The molecule has 0 radical (unpaired) electrons. The first-order valence-corrected chi connectivity index (χ1v) is 19.1. The predicted octanol–water partition coefficient (Wildman–Crippen LogP) is 4.22. The number of nitrogens with two attached hydrogens (primary N) is 1. The molecule has 6 nitrogen and oxygen atoms in total. The van der Waals surface area contributed by atoms with E-state index in [4.69, 9.17) is 10.5 Å². The summed E-state index contributed by atoms with van der Waals surface area (Å²) in [5, 5.41) is 2.59. The number of rotatable bonds is 9. The second-order valence-corrected chi connectivity index (χ2v) is 15.7. The summed E-state index contributed by atoms with van der Waals surface area (Å²) in [5.74, 6) is 6.39. The third kappa shape index (κ3) is 5.02. The van der Waals surface area contributed by atoms with Gasteiger partial charge >= 0.3 is 0 Å². The monoisotopic (exact) mass is 623 g/mol. The van der Waals surface area contributed by atoms with Crippen LogP contribution in [0.5, 0.6) is 11.5 Å². The first-order valence-electron chi connectivity index (χ1n) is 17.4. The van der Waals surface area contributed by atoms with Crippen LogP contribution in [0, 0.1) is 0 Å². The van der Waals surface area contributed by atoms with Gasteiger partial charge in [-0.3, -0.25) is 0 Å². The second kappa shape index (κ2) is 11.9. The minimum atomic E-state index is -2.75. The number of nitrogens with zero attached hydrogens (tertiary/aromatic N) is 2. The van der Waals surface area contributed by atoms with Gasteiger partial charge in [0.25, 0.3) is 0 Å². The van der Waals surface area contributed by atoms with Crippen molar-refractivity contribution in [3.8, 4) is 11.5 Å². The third-order valence-electron chi connectivity index (χ3n) is 10.7. The summed E-state index contributed by atoms with van der Waals surface area (Å²) in [6.45, 7) is 5.92. The lowest BCUT2D eigenvalue weighted by molar-refractivity contribution is 0.431. The van der Waals surface area contributed by atoms with E-state index in [0.717, 1.165) is 119 Å². The van der Waals surface area contributed by atoms with Crippen LogP contribution in [0.2, 0.25) is 0 Å². The van der Waals surface area contributed by atoms with Crippen molar-refractivity contribution in [3.63, 3.8) is 0 Å². The molecule has 45 heavy (non-hydrogen) atoms. The van der Waals surface area contributed by atoms with Crippen LogP contribution >= 0.6 is 0 Å². The molecule has 0 amide bonds. The lowest BCUT2D eigenvalue weighted by atomic mass is 9.82. The topological polar surface area (TPSA) is 70.6 Å². The SMILES string of the molecule is C=S(=O)(NCCCCCCN)c1ccccc1C1=c2cc3c4c(c2Oc2c1cc1c5c2CCCN5CCC1)CCC[N+]=4CCC3. The summed E-state index contributed by atoms with van der Waals surface area (Å²) >= 11 is 0. The molecule has 0 spiro atoms. The number of fused-ring (bicyclic) bond motifs is 4. The van der Waals surface area contributed by atoms with Crippen molar-refractivity contribution in [1.82, 2.24) is 9.30 Å². The quantitative estimate of drug-likeness (QED) is 0.167. The molecule has 3 aromatic rings. The van der Waals surface area contributed by atoms with Gasteiger partial charge in [-0.15, -0.1) is 0 Å². The van der Waals surface area contributed by atoms with Gasteiger partial charge in [0.05, 0.1) is 20.2 Å². The van der Waals surface area contributed by atoms with E-state index in [9.17, 15) is 4.21 Å². The molecule has 3 aromatic carbocycles. The number of unbranched alkanes of at least 4 members (excludes halogenated alkanes) is 3. The Morgan fingerprint density at radius 1 is 0.867 bits per heavy atom. The average Bonchev–Trinajstić information content (AvgIpc) is 3.06. The summed E-state index contributed by atoms with van der Waals surface area (Å²) in [6.07, 6.45) is 13.1. The van der Waals surface area contributed by atoms with Gasteiger partial charge in [0.2, 0.25) is 5.36 Å². The van der Waals surface area contributed by atoms with Gasteiger partial charge in [0.1, 0.15) is 24.6 Å². The molecule has 0 fully saturated rings. The van der Waals surface area contributed by atoms with Gasteiger partial charge in [-0.2, -0.15) is 0 Å². The van der Waals surface area contributed by atoms with Gasteiger partial charge in [0.15, 0.2) is 0 Å². The maximum Gasteiger partial charge on any atom is 0.210 e. The van der Waals surface area contributed by atoms with Crippen LogP contribution in [-0.2, 0) is 35.4 Å². The van der Waals surface area contributed by atoms with Crippen molar-refractivity contribution in [3.05, 3.63) is 80.4 Å². The van der Waals surface area contributed by atoms with E-state index in [1.54, 1.807) is 0 Å². The summed E-state index contributed by atoms with van der Waals surface area (Å²) in [4.78, 5) is 3.39. The molecule has 0 aromatic heterocycles. The minimum Gasteiger partial charge on any atom is -0.455 e. The van der Waals surface area contributed by atoms with Crippen molar-refractivity contribution >= 4 is 26.8 Å². The zero-order valence-corrected chi connectivity index (χ0v) is 27.4. The number of aryl methyl sites for hydroxylation is 2. The molecule has 0 saturated heterocycles. The van der Waals surface area contributed by atoms with E-state index >= 15 is 0 Å². The van der Waals surface area contributed by atoms with Crippen LogP contribution < -0.4 is 35.2 Å². The van der Waals surface area contributed by atoms with Crippen molar-refractivity contribution in [1.29, 1.82) is 0 Å². The Hall–Kier alpha value is -3.13. The highest BCUT2D eigenvalue weighted by molar-refractivity contribution is 7.98. The standard InChI is InChI=1S/C38H47N4O2S/c1-45(43,40-19-7-3-2-6-18-39)33-17-5-4-14-28(33)34-31-24-26-12-8-20-41-22-10-15-29(35(26)41)37(31)44-38-30-16-11-23-42-21-9-13-27(36(30)42)25-32(34)38/h4-5,14,17,24-25H,1-3,6-13,15-16,18-23,39H2,(H,40,43)/q+1. The second-order valence-electron chi connectivity index (χ2n) is 13.6. The van der Waals surface area contributed by atoms with Crippen LogP contribution in [0.3, 0.4) is 0 Å². The van der Waals surface area contributed by atoms with E-state index in [1.807, 2.05) is 12.1 Å². The first-order chi connectivity index (χ1) is 22.0. The third-order valence-corrected chi connectivity index (χ3v) is 12.4. The Labute approximate surface area is 268 Å². The number of anilines is 1. The van der Waals surface area contributed by atoms with E-state index in [1.165, 1.54) is 62.5 Å². The van der Waals surface area contributed by atoms with Crippen LogP contribution in [0.4, 0.5) is 5.69 Å². The molecule has 5 aliphatic heterocycles. The number of hydrogen-bond acceptors (Lipinski definition) is 4. The van der Waals surface area contributed by atoms with Crippen molar-refractivity contribution in [2.24, 2.45) is 5.73 Å². The minimum absolute atomic E-state index is 0.674. The maximum atomic E-state index is 14.5. The lowest BCUT2D eigenvalue weighted by Gasteiger charge is -2.39. The van der Waals surface area contributed by atoms with E-state index < -0.39 is 9.71 Å². The lowest BCUT2D eigenvalue weighted by Crippen LogP contribution is -2.45. The van der Waals surface area contributed by atoms with Crippen LogP contribution in [0.15, 0.2) is 41.3 Å². The van der Waals surface area contributed by atoms with Crippen molar-refractivity contribution < 1.29 is 8.95 Å². The highest BCUT2D eigenvalue weighted by Gasteiger charge is 2.36. The van der Waals surface area contributed by atoms with Gasteiger partial charge in [0, 0.05) is 65.6 Å². The van der Waals surface area contributed by atoms with Crippen molar-refractivity contribution in [2.75, 3.05) is 44.2 Å². The number of ether oxygens (including phenoxy) is 1. The molecule has 0 saturated carbocycles. The van der Waals surface area contributed by atoms with E-state index in [2.05, 4.69) is 44.3 Å². The molecule has 1 atom stereocenters. The fourth-order valence-electron chi connectivity index (χ4n) is 8.70. The first kappa shape index (κ1) is 29.3. The molecule has 0 aliphatic carbocycles. The molecule has 5 heterocycles. The van der Waals surface area contributed by atoms with Gasteiger partial charge in [-0.1, -0.05) is 31.0 Å². The summed E-state index contributed by atoms with van der Waals surface area (Å²) in [5.41, 5.74) is 16.1.